The molecule has 9 nitrogen and oxygen atoms in total. The predicted octanol–water partition coefficient (Wildman–Crippen LogP) is 4.62. The number of oxime groups is 1. The van der Waals surface area contributed by atoms with Gasteiger partial charge in [0.15, 0.2) is 0 Å². The fourth-order valence-corrected chi connectivity index (χ4v) is 5.06. The number of carbonyl (C=O) groups excluding carboxylic acids is 1. The van der Waals surface area contributed by atoms with E-state index in [0.717, 1.165) is 59.5 Å². The summed E-state index contributed by atoms with van der Waals surface area (Å²) in [4.78, 5) is 26.1. The van der Waals surface area contributed by atoms with Crippen molar-refractivity contribution in [2.75, 3.05) is 18.2 Å². The van der Waals surface area contributed by atoms with E-state index in [9.17, 15) is 4.79 Å². The summed E-state index contributed by atoms with van der Waals surface area (Å²) in [5.74, 6) is 0.452. The van der Waals surface area contributed by atoms with Gasteiger partial charge >= 0.3 is 6.09 Å². The van der Waals surface area contributed by atoms with E-state index in [4.69, 9.17) is 15.3 Å². The number of hydrogen-bond acceptors (Lipinski definition) is 8. The first kappa shape index (κ1) is 24.8. The molecule has 4 rings (SSSR count). The van der Waals surface area contributed by atoms with E-state index in [0.29, 0.717) is 11.9 Å². The van der Waals surface area contributed by atoms with Crippen LogP contribution >= 0.6 is 0 Å². The molecule has 4 N–H and O–H groups in total. The number of nitrogens with one attached hydrogen (secondary N) is 2. The highest BCUT2D eigenvalue weighted by Gasteiger charge is 2.41. The lowest BCUT2D eigenvalue weighted by atomic mass is 9.70. The second kappa shape index (κ2) is 9.36. The first-order valence-corrected chi connectivity index (χ1v) is 12.1. The lowest BCUT2D eigenvalue weighted by Gasteiger charge is -2.35. The van der Waals surface area contributed by atoms with Crippen LogP contribution in [-0.2, 0) is 15.0 Å². The van der Waals surface area contributed by atoms with Gasteiger partial charge in [-0.05, 0) is 72.4 Å². The molecule has 1 saturated carbocycles. The van der Waals surface area contributed by atoms with Gasteiger partial charge in [0.25, 0.3) is 0 Å². The highest BCUT2D eigenvalue weighted by Crippen LogP contribution is 2.45. The Morgan fingerprint density at radius 1 is 1.11 bits per heavy atom. The van der Waals surface area contributed by atoms with Crippen LogP contribution in [0.15, 0.2) is 29.7 Å². The number of nitrogens with zero attached hydrogens (tertiary/aromatic N) is 3. The number of alkyl carbamates (subject to hydrolysis) is 1. The number of anilines is 2. The van der Waals surface area contributed by atoms with Crippen LogP contribution in [-0.4, -0.2) is 46.6 Å². The van der Waals surface area contributed by atoms with Crippen molar-refractivity contribution in [3.8, 4) is 11.3 Å². The molecule has 0 aliphatic heterocycles. The van der Waals surface area contributed by atoms with Crippen LogP contribution in [0.3, 0.4) is 0 Å². The van der Waals surface area contributed by atoms with E-state index in [-0.39, 0.29) is 12.1 Å². The number of aromatic nitrogens is 2. The molecule has 0 unspecified atom stereocenters. The Morgan fingerprint density at radius 3 is 2.46 bits per heavy atom. The number of nitrogen functional groups attached to an aromatic ring is 1. The first-order chi connectivity index (χ1) is 16.5. The van der Waals surface area contributed by atoms with Crippen LogP contribution in [0.5, 0.6) is 0 Å². The number of carbonyl (C=O) groups is 1. The van der Waals surface area contributed by atoms with E-state index in [1.165, 1.54) is 6.33 Å². The normalized spacial score (nSPS) is 22.1. The average molecular weight is 481 g/mol. The van der Waals surface area contributed by atoms with Crippen LogP contribution in [0.25, 0.3) is 11.3 Å². The Hall–Kier alpha value is -3.36. The SMILES string of the molecule is CO/N=C1\c2cc(NC3CCC(NC(=O)OC(C)(C)C)CC3)ccc2-c2ncnc(N)c2C1(C)C. The molecule has 1 aromatic heterocycles. The van der Waals surface area contributed by atoms with Crippen molar-refractivity contribution in [2.24, 2.45) is 5.16 Å². The van der Waals surface area contributed by atoms with Crippen molar-refractivity contribution in [1.82, 2.24) is 15.3 Å². The standard InChI is InChI=1S/C26H36N6O3/c1-25(2,3)35-24(33)31-16-9-7-15(8-10-16)30-17-11-12-18-19(13-17)22(32-34-6)26(4,5)20-21(18)28-14-29-23(20)27/h11-16,30H,7-10H2,1-6H3,(H,31,33)(H2,27,28,29)/b32-22+. The van der Waals surface area contributed by atoms with Gasteiger partial charge in [-0.15, -0.1) is 0 Å². The molecule has 2 aliphatic rings. The quantitative estimate of drug-likeness (QED) is 0.546. The maximum Gasteiger partial charge on any atom is 0.407 e. The van der Waals surface area contributed by atoms with Crippen molar-refractivity contribution in [3.63, 3.8) is 0 Å². The summed E-state index contributed by atoms with van der Waals surface area (Å²) >= 11 is 0. The zero-order chi connectivity index (χ0) is 25.4. The third-order valence-corrected chi connectivity index (χ3v) is 6.62. The number of ether oxygens (including phenoxy) is 1. The molecule has 9 heteroatoms. The molecule has 2 aliphatic carbocycles. The largest absolute Gasteiger partial charge is 0.444 e. The molecular weight excluding hydrogens is 444 g/mol. The number of nitrogens with two attached hydrogens (primary N) is 1. The molecular formula is C26H36N6O3. The highest BCUT2D eigenvalue weighted by molar-refractivity contribution is 6.16. The number of benzene rings is 1. The molecule has 0 bridgehead atoms. The fourth-order valence-electron chi connectivity index (χ4n) is 5.06. The molecule has 0 spiro atoms. The van der Waals surface area contributed by atoms with E-state index >= 15 is 0 Å². The third-order valence-electron chi connectivity index (χ3n) is 6.62. The predicted molar refractivity (Wildman–Crippen MR) is 137 cm³/mol. The van der Waals surface area contributed by atoms with Crippen molar-refractivity contribution in [2.45, 2.75) is 83.4 Å². The van der Waals surface area contributed by atoms with Crippen molar-refractivity contribution in [3.05, 3.63) is 35.7 Å². The van der Waals surface area contributed by atoms with Gasteiger partial charge in [-0.1, -0.05) is 11.2 Å². The summed E-state index contributed by atoms with van der Waals surface area (Å²) in [5, 5.41) is 11.1. The number of hydrogen-bond donors (Lipinski definition) is 3. The number of amides is 1. The molecule has 2 aromatic rings. The minimum absolute atomic E-state index is 0.134. The van der Waals surface area contributed by atoms with Gasteiger partial charge in [-0.25, -0.2) is 14.8 Å². The lowest BCUT2D eigenvalue weighted by Crippen LogP contribution is -2.42. The Bertz CT molecular complexity index is 1130. The minimum Gasteiger partial charge on any atom is -0.444 e. The molecule has 1 aromatic carbocycles. The van der Waals surface area contributed by atoms with Gasteiger partial charge in [0.1, 0.15) is 24.9 Å². The Kier molecular flexibility index (Phi) is 6.62. The van der Waals surface area contributed by atoms with Crippen LogP contribution < -0.4 is 16.4 Å². The average Bonchev–Trinajstić information content (AvgIpc) is 2.76. The number of fused-ring (bicyclic) bond motifs is 3. The summed E-state index contributed by atoms with van der Waals surface area (Å²) in [7, 11) is 1.55. The maximum absolute atomic E-state index is 12.1. The highest BCUT2D eigenvalue weighted by atomic mass is 16.6. The van der Waals surface area contributed by atoms with E-state index < -0.39 is 11.0 Å². The summed E-state index contributed by atoms with van der Waals surface area (Å²) < 4.78 is 5.39. The topological polar surface area (TPSA) is 124 Å². The second-order valence-electron chi connectivity index (χ2n) is 10.8. The smallest absolute Gasteiger partial charge is 0.407 e. The van der Waals surface area contributed by atoms with Crippen molar-refractivity contribution >= 4 is 23.3 Å². The van der Waals surface area contributed by atoms with Gasteiger partial charge in [0.2, 0.25) is 0 Å². The molecule has 188 valence electrons. The van der Waals surface area contributed by atoms with Crippen molar-refractivity contribution in [1.29, 1.82) is 0 Å². The molecule has 1 heterocycles. The molecule has 0 saturated heterocycles. The molecule has 0 atom stereocenters. The summed E-state index contributed by atoms with van der Waals surface area (Å²) in [6, 6.07) is 6.68. The van der Waals surface area contributed by atoms with Crippen LogP contribution in [0, 0.1) is 0 Å². The molecule has 1 amide bonds. The Balaban J connectivity index is 1.50. The molecule has 0 radical (unpaired) electrons. The van der Waals surface area contributed by atoms with E-state index in [2.05, 4.69) is 57.8 Å². The zero-order valence-electron chi connectivity index (χ0n) is 21.4. The van der Waals surface area contributed by atoms with Gasteiger partial charge in [0, 0.05) is 39.9 Å². The van der Waals surface area contributed by atoms with Crippen LogP contribution in [0.1, 0.15) is 71.4 Å². The van der Waals surface area contributed by atoms with Gasteiger partial charge < -0.3 is 25.9 Å². The second-order valence-corrected chi connectivity index (χ2v) is 10.8. The Morgan fingerprint density at radius 2 is 1.80 bits per heavy atom. The fraction of sp³-hybridized carbons (Fsp3) is 0.538. The first-order valence-electron chi connectivity index (χ1n) is 12.1. The van der Waals surface area contributed by atoms with Gasteiger partial charge in [-0.2, -0.15) is 0 Å². The maximum atomic E-state index is 12.1. The molecule has 35 heavy (non-hydrogen) atoms. The number of rotatable bonds is 4. The third kappa shape index (κ3) is 5.18. The Labute approximate surface area is 206 Å². The summed E-state index contributed by atoms with van der Waals surface area (Å²) in [5.41, 5.74) is 10.7. The van der Waals surface area contributed by atoms with Gasteiger partial charge in [-0.3, -0.25) is 0 Å². The van der Waals surface area contributed by atoms with Crippen LogP contribution in [0.4, 0.5) is 16.3 Å². The monoisotopic (exact) mass is 480 g/mol. The van der Waals surface area contributed by atoms with Crippen molar-refractivity contribution < 1.29 is 14.4 Å². The van der Waals surface area contributed by atoms with Gasteiger partial charge in [0.05, 0.1) is 11.4 Å². The van der Waals surface area contributed by atoms with E-state index in [1.807, 2.05) is 20.8 Å². The summed E-state index contributed by atoms with van der Waals surface area (Å²) in [6.07, 6.45) is 4.86. The summed E-state index contributed by atoms with van der Waals surface area (Å²) in [6.45, 7) is 9.74. The molecule has 1 fully saturated rings. The van der Waals surface area contributed by atoms with E-state index in [1.54, 1.807) is 7.11 Å². The van der Waals surface area contributed by atoms with Crippen LogP contribution in [0.2, 0.25) is 0 Å². The lowest BCUT2D eigenvalue weighted by molar-refractivity contribution is 0.0492. The minimum atomic E-state index is -0.520. The zero-order valence-corrected chi connectivity index (χ0v) is 21.4.